The number of amidine groups is 1. The van der Waals surface area contributed by atoms with Crippen molar-refractivity contribution in [2.45, 2.75) is 6.92 Å². The van der Waals surface area contributed by atoms with E-state index in [-0.39, 0.29) is 5.78 Å². The molecule has 0 atom stereocenters. The van der Waals surface area contributed by atoms with Gasteiger partial charge >= 0.3 is 0 Å². The molecule has 1 aliphatic rings. The van der Waals surface area contributed by atoms with Crippen LogP contribution < -0.4 is 0 Å². The molecule has 1 aliphatic heterocycles. The summed E-state index contributed by atoms with van der Waals surface area (Å²) in [6, 6.07) is 0. The van der Waals surface area contributed by atoms with Crippen LogP contribution in [0.25, 0.3) is 0 Å². The molecule has 0 aromatic heterocycles. The molecule has 1 rings (SSSR count). The van der Waals surface area contributed by atoms with Gasteiger partial charge in [-0.3, -0.25) is 9.79 Å². The maximum atomic E-state index is 10.4. The zero-order chi connectivity index (χ0) is 5.98. The molecular weight excluding hydrogens is 104 g/mol. The van der Waals surface area contributed by atoms with E-state index < -0.39 is 0 Å². The van der Waals surface area contributed by atoms with E-state index in [4.69, 9.17) is 0 Å². The Kier molecular flexibility index (Phi) is 1.20. The van der Waals surface area contributed by atoms with Crippen molar-refractivity contribution < 1.29 is 4.79 Å². The monoisotopic (exact) mass is 110 g/mol. The van der Waals surface area contributed by atoms with Gasteiger partial charge in [0.2, 0.25) is 0 Å². The van der Waals surface area contributed by atoms with Crippen LogP contribution in [0.15, 0.2) is 9.98 Å². The van der Waals surface area contributed by atoms with Gasteiger partial charge in [0.25, 0.3) is 0 Å². The van der Waals surface area contributed by atoms with E-state index in [9.17, 15) is 4.79 Å². The number of nitrogens with zero attached hydrogens (tertiary/aromatic N) is 2. The third-order valence-electron chi connectivity index (χ3n) is 0.851. The van der Waals surface area contributed by atoms with Gasteiger partial charge in [-0.2, -0.15) is 0 Å². The first kappa shape index (κ1) is 5.15. The molecule has 0 amide bonds. The average Bonchev–Trinajstić information content (AvgIpc) is 2.12. The van der Waals surface area contributed by atoms with Gasteiger partial charge in [-0.1, -0.05) is 0 Å². The Balaban J connectivity index is 2.72. The number of carbonyl (C=O) groups excluding carboxylic acids is 1. The van der Waals surface area contributed by atoms with Gasteiger partial charge in [-0.25, -0.2) is 4.99 Å². The first-order valence-corrected chi connectivity index (χ1v) is 2.38. The molecule has 0 aromatic rings. The largest absolute Gasteiger partial charge is 0.291 e. The second kappa shape index (κ2) is 1.86. The Bertz CT molecular complexity index is 169. The molecule has 0 N–H and O–H groups in total. The van der Waals surface area contributed by atoms with E-state index in [2.05, 4.69) is 9.98 Å². The number of hydrogen-bond donors (Lipinski definition) is 0. The predicted molar refractivity (Wildman–Crippen MR) is 31.5 cm³/mol. The minimum atomic E-state index is -0.0567. The standard InChI is InChI=1S/C5H6N2O/c1-4(8)5-6-2-3-7-5/h2H,3H2,1H3. The lowest BCUT2D eigenvalue weighted by atomic mass is 10.4. The van der Waals surface area contributed by atoms with Gasteiger partial charge in [0.1, 0.15) is 0 Å². The highest BCUT2D eigenvalue weighted by atomic mass is 16.1. The van der Waals surface area contributed by atoms with E-state index in [0.717, 1.165) is 0 Å². The van der Waals surface area contributed by atoms with Crippen molar-refractivity contribution in [3.8, 4) is 0 Å². The third-order valence-corrected chi connectivity index (χ3v) is 0.851. The van der Waals surface area contributed by atoms with Gasteiger partial charge in [0.05, 0.1) is 6.54 Å². The lowest BCUT2D eigenvalue weighted by Gasteiger charge is -1.82. The highest BCUT2D eigenvalue weighted by molar-refractivity contribution is 6.40. The molecule has 3 nitrogen and oxygen atoms in total. The molecule has 0 bridgehead atoms. The molecule has 0 unspecified atom stereocenters. The van der Waals surface area contributed by atoms with Crippen molar-refractivity contribution in [1.29, 1.82) is 0 Å². The van der Waals surface area contributed by atoms with Crippen molar-refractivity contribution in [3.63, 3.8) is 0 Å². The summed E-state index contributed by atoms with van der Waals surface area (Å²) in [5.41, 5.74) is 0. The molecule has 0 aromatic carbocycles. The van der Waals surface area contributed by atoms with E-state index in [1.54, 1.807) is 6.21 Å². The van der Waals surface area contributed by atoms with Gasteiger partial charge in [-0.15, -0.1) is 0 Å². The van der Waals surface area contributed by atoms with Crippen LogP contribution in [0.4, 0.5) is 0 Å². The number of rotatable bonds is 1. The molecule has 0 spiro atoms. The molecule has 0 fully saturated rings. The number of hydrogen-bond acceptors (Lipinski definition) is 3. The summed E-state index contributed by atoms with van der Waals surface area (Å²) in [4.78, 5) is 17.9. The second-order valence-electron chi connectivity index (χ2n) is 1.53. The topological polar surface area (TPSA) is 41.8 Å². The van der Waals surface area contributed by atoms with Crippen molar-refractivity contribution in [3.05, 3.63) is 0 Å². The molecule has 0 aliphatic carbocycles. The fraction of sp³-hybridized carbons (Fsp3) is 0.400. The summed E-state index contributed by atoms with van der Waals surface area (Å²) in [6.45, 7) is 2.02. The highest BCUT2D eigenvalue weighted by Crippen LogP contribution is 1.88. The Labute approximate surface area is 47.1 Å². The smallest absolute Gasteiger partial charge is 0.196 e. The van der Waals surface area contributed by atoms with E-state index >= 15 is 0 Å². The van der Waals surface area contributed by atoms with E-state index in [1.165, 1.54) is 6.92 Å². The number of aliphatic imine (C=N–C) groups is 2. The van der Waals surface area contributed by atoms with E-state index in [1.807, 2.05) is 0 Å². The van der Waals surface area contributed by atoms with E-state index in [0.29, 0.717) is 12.4 Å². The molecule has 42 valence electrons. The first-order valence-electron chi connectivity index (χ1n) is 2.38. The Morgan fingerprint density at radius 3 is 2.88 bits per heavy atom. The molecule has 3 heteroatoms. The van der Waals surface area contributed by atoms with Crippen molar-refractivity contribution in [2.24, 2.45) is 9.98 Å². The van der Waals surface area contributed by atoms with Crippen LogP contribution in [-0.4, -0.2) is 24.4 Å². The fourth-order valence-corrected chi connectivity index (χ4v) is 0.498. The zero-order valence-corrected chi connectivity index (χ0v) is 4.59. The molecule has 0 saturated heterocycles. The Hall–Kier alpha value is -0.990. The molecule has 0 radical (unpaired) electrons. The number of carbonyl (C=O) groups is 1. The quantitative estimate of drug-likeness (QED) is 0.470. The lowest BCUT2D eigenvalue weighted by Crippen LogP contribution is -2.02. The molecule has 1 heterocycles. The molecular formula is C5H6N2O. The van der Waals surface area contributed by atoms with Crippen LogP contribution in [-0.2, 0) is 4.79 Å². The van der Waals surface area contributed by atoms with Crippen LogP contribution >= 0.6 is 0 Å². The Morgan fingerprint density at radius 2 is 2.62 bits per heavy atom. The normalized spacial score (nSPS) is 16.4. The second-order valence-corrected chi connectivity index (χ2v) is 1.53. The number of ketones is 1. The summed E-state index contributed by atoms with van der Waals surface area (Å²) in [5.74, 6) is 0.295. The summed E-state index contributed by atoms with van der Waals surface area (Å²) < 4.78 is 0. The van der Waals surface area contributed by atoms with Crippen LogP contribution in [0.1, 0.15) is 6.92 Å². The summed E-state index contributed by atoms with van der Waals surface area (Å²) in [7, 11) is 0. The molecule has 8 heavy (non-hydrogen) atoms. The summed E-state index contributed by atoms with van der Waals surface area (Å²) in [6.07, 6.45) is 1.62. The van der Waals surface area contributed by atoms with Crippen molar-refractivity contribution in [1.82, 2.24) is 0 Å². The van der Waals surface area contributed by atoms with Crippen LogP contribution in [0.5, 0.6) is 0 Å². The van der Waals surface area contributed by atoms with Crippen LogP contribution in [0.3, 0.4) is 0 Å². The van der Waals surface area contributed by atoms with Crippen molar-refractivity contribution >= 4 is 17.8 Å². The summed E-state index contributed by atoms with van der Waals surface area (Å²) >= 11 is 0. The lowest BCUT2D eigenvalue weighted by molar-refractivity contribution is -0.111. The molecule has 0 saturated carbocycles. The van der Waals surface area contributed by atoms with Crippen molar-refractivity contribution in [2.75, 3.05) is 6.54 Å². The maximum absolute atomic E-state index is 10.4. The first-order chi connectivity index (χ1) is 3.80. The third kappa shape index (κ3) is 0.804. The van der Waals surface area contributed by atoms with Gasteiger partial charge < -0.3 is 0 Å². The minimum Gasteiger partial charge on any atom is -0.291 e. The SMILES string of the molecule is CC(=O)C1=NCC=N1. The number of Topliss-reactive ketones (excluding diaryl/α,β-unsaturated/α-hetero) is 1. The zero-order valence-electron chi connectivity index (χ0n) is 4.59. The summed E-state index contributed by atoms with van der Waals surface area (Å²) in [5, 5.41) is 0. The van der Waals surface area contributed by atoms with Crippen LogP contribution in [0, 0.1) is 0 Å². The fourth-order valence-electron chi connectivity index (χ4n) is 0.498. The van der Waals surface area contributed by atoms with Gasteiger partial charge in [0.15, 0.2) is 11.6 Å². The average molecular weight is 110 g/mol. The van der Waals surface area contributed by atoms with Crippen LogP contribution in [0.2, 0.25) is 0 Å². The van der Waals surface area contributed by atoms with Gasteiger partial charge in [0, 0.05) is 13.1 Å². The predicted octanol–water partition coefficient (Wildman–Crippen LogP) is 0.0583. The minimum absolute atomic E-state index is 0.0567. The highest BCUT2D eigenvalue weighted by Gasteiger charge is 2.04. The van der Waals surface area contributed by atoms with Gasteiger partial charge in [-0.05, 0) is 0 Å². The maximum Gasteiger partial charge on any atom is 0.196 e. The Morgan fingerprint density at radius 1 is 1.88 bits per heavy atom.